The van der Waals surface area contributed by atoms with Gasteiger partial charge in [-0.3, -0.25) is 10.2 Å². The average molecular weight is 382 g/mol. The van der Waals surface area contributed by atoms with Crippen LogP contribution in [0.25, 0.3) is 10.2 Å². The summed E-state index contributed by atoms with van der Waals surface area (Å²) in [7, 11) is 0. The number of Topliss-reactive ketones (excluding diaryl/α,β-unsaturated/α-hetero) is 1. The van der Waals surface area contributed by atoms with Gasteiger partial charge < -0.3 is 0 Å². The summed E-state index contributed by atoms with van der Waals surface area (Å²) in [4.78, 5) is 17.5. The van der Waals surface area contributed by atoms with E-state index < -0.39 is 0 Å². The SMILES string of the molecule is O=C1CCCC2=C1[C@@H](c1ccc(Cl)cc1)N(c1nc3ccccc3s1)N2. The normalized spacial score (nSPS) is 19.8. The van der Waals surface area contributed by atoms with E-state index in [-0.39, 0.29) is 11.8 Å². The van der Waals surface area contributed by atoms with Crippen LogP contribution in [0, 0.1) is 0 Å². The first-order valence-electron chi connectivity index (χ1n) is 8.64. The van der Waals surface area contributed by atoms with Gasteiger partial charge in [-0.05, 0) is 42.7 Å². The van der Waals surface area contributed by atoms with Crippen molar-refractivity contribution in [1.82, 2.24) is 10.4 Å². The Morgan fingerprint density at radius 1 is 1.12 bits per heavy atom. The zero-order chi connectivity index (χ0) is 17.7. The smallest absolute Gasteiger partial charge is 0.206 e. The number of allylic oxidation sites excluding steroid dienone is 1. The standard InChI is InChI=1S/C20H16ClN3OS/c21-13-10-8-12(9-11-13)19-18-15(5-3-6-16(18)25)23-24(19)20-22-14-4-1-2-7-17(14)26-20/h1-2,4,7-11,19,23H,3,5-6H2/t19-/m1/s1. The maximum atomic E-state index is 12.7. The fourth-order valence-corrected chi connectivity index (χ4v) is 4.80. The Morgan fingerprint density at radius 2 is 1.92 bits per heavy atom. The van der Waals surface area contributed by atoms with Crippen molar-refractivity contribution in [2.45, 2.75) is 25.3 Å². The summed E-state index contributed by atoms with van der Waals surface area (Å²) in [6.45, 7) is 0. The minimum absolute atomic E-state index is 0.171. The highest BCUT2D eigenvalue weighted by Crippen LogP contribution is 2.43. The van der Waals surface area contributed by atoms with Crippen LogP contribution < -0.4 is 10.4 Å². The first-order valence-corrected chi connectivity index (χ1v) is 9.83. The molecule has 0 amide bonds. The molecule has 1 aliphatic heterocycles. The molecule has 1 atom stereocenters. The number of carbonyl (C=O) groups excluding carboxylic acids is 1. The largest absolute Gasteiger partial charge is 0.299 e. The molecule has 130 valence electrons. The van der Waals surface area contributed by atoms with E-state index in [1.807, 2.05) is 47.5 Å². The van der Waals surface area contributed by atoms with Crippen molar-refractivity contribution >= 4 is 44.1 Å². The molecule has 1 aromatic heterocycles. The molecule has 26 heavy (non-hydrogen) atoms. The van der Waals surface area contributed by atoms with E-state index in [0.29, 0.717) is 11.4 Å². The Morgan fingerprint density at radius 3 is 2.73 bits per heavy atom. The fourth-order valence-electron chi connectivity index (χ4n) is 3.72. The second-order valence-electron chi connectivity index (χ2n) is 6.57. The highest BCUT2D eigenvalue weighted by Gasteiger charge is 2.40. The van der Waals surface area contributed by atoms with E-state index >= 15 is 0 Å². The number of ketones is 1. The lowest BCUT2D eigenvalue weighted by Gasteiger charge is -2.26. The van der Waals surface area contributed by atoms with Gasteiger partial charge >= 0.3 is 0 Å². The summed E-state index contributed by atoms with van der Waals surface area (Å²) in [5, 5.41) is 3.60. The maximum Gasteiger partial charge on any atom is 0.206 e. The molecule has 0 spiro atoms. The van der Waals surface area contributed by atoms with Crippen LogP contribution in [-0.2, 0) is 4.79 Å². The van der Waals surface area contributed by atoms with E-state index in [2.05, 4.69) is 11.5 Å². The molecular formula is C20H16ClN3OS. The lowest BCUT2D eigenvalue weighted by molar-refractivity contribution is -0.116. The van der Waals surface area contributed by atoms with Gasteiger partial charge in [0.25, 0.3) is 0 Å². The summed E-state index contributed by atoms with van der Waals surface area (Å²) in [6.07, 6.45) is 2.40. The lowest BCUT2D eigenvalue weighted by atomic mass is 9.88. The number of hydrazine groups is 1. The number of para-hydroxylation sites is 1. The van der Waals surface area contributed by atoms with Crippen LogP contribution in [0.5, 0.6) is 0 Å². The molecule has 2 aliphatic rings. The van der Waals surface area contributed by atoms with Gasteiger partial charge in [0, 0.05) is 22.7 Å². The number of fused-ring (bicyclic) bond motifs is 1. The summed E-state index contributed by atoms with van der Waals surface area (Å²) in [5.74, 6) is 0.224. The predicted molar refractivity (Wildman–Crippen MR) is 105 cm³/mol. The van der Waals surface area contributed by atoms with Gasteiger partial charge in [-0.15, -0.1) is 0 Å². The van der Waals surface area contributed by atoms with Crippen molar-refractivity contribution in [3.8, 4) is 0 Å². The quantitative estimate of drug-likeness (QED) is 0.676. The number of nitrogens with one attached hydrogen (secondary N) is 1. The van der Waals surface area contributed by atoms with Crippen molar-refractivity contribution in [3.63, 3.8) is 0 Å². The molecular weight excluding hydrogens is 366 g/mol. The molecule has 0 bridgehead atoms. The number of anilines is 1. The zero-order valence-electron chi connectivity index (χ0n) is 13.9. The van der Waals surface area contributed by atoms with E-state index in [4.69, 9.17) is 16.6 Å². The number of hydrogen-bond acceptors (Lipinski definition) is 5. The number of aromatic nitrogens is 1. The number of nitrogens with zero attached hydrogens (tertiary/aromatic N) is 2. The third kappa shape index (κ3) is 2.50. The van der Waals surface area contributed by atoms with Crippen molar-refractivity contribution < 1.29 is 4.79 Å². The van der Waals surface area contributed by atoms with Crippen molar-refractivity contribution in [3.05, 3.63) is 70.4 Å². The molecule has 3 aromatic rings. The molecule has 2 heterocycles. The molecule has 6 heteroatoms. The van der Waals surface area contributed by atoms with Crippen LogP contribution in [-0.4, -0.2) is 10.8 Å². The molecule has 1 aliphatic carbocycles. The summed E-state index contributed by atoms with van der Waals surface area (Å²) < 4.78 is 1.13. The highest BCUT2D eigenvalue weighted by atomic mass is 35.5. The minimum Gasteiger partial charge on any atom is -0.299 e. The molecule has 0 saturated heterocycles. The van der Waals surface area contributed by atoms with Gasteiger partial charge in [0.05, 0.1) is 10.2 Å². The van der Waals surface area contributed by atoms with Gasteiger partial charge in [-0.2, -0.15) is 0 Å². The lowest BCUT2D eigenvalue weighted by Crippen LogP contribution is -2.34. The molecule has 4 nitrogen and oxygen atoms in total. The topological polar surface area (TPSA) is 45.2 Å². The van der Waals surface area contributed by atoms with Gasteiger partial charge in [-0.1, -0.05) is 47.2 Å². The molecule has 0 fully saturated rings. The van der Waals surface area contributed by atoms with Gasteiger partial charge in [0.2, 0.25) is 5.13 Å². The molecule has 0 radical (unpaired) electrons. The van der Waals surface area contributed by atoms with Crippen LogP contribution in [0.2, 0.25) is 5.02 Å². The van der Waals surface area contributed by atoms with E-state index in [9.17, 15) is 4.79 Å². The predicted octanol–water partition coefficient (Wildman–Crippen LogP) is 5.02. The van der Waals surface area contributed by atoms with E-state index in [1.54, 1.807) is 11.3 Å². The Labute approximate surface area is 160 Å². The first-order chi connectivity index (χ1) is 12.7. The second-order valence-corrected chi connectivity index (χ2v) is 8.01. The summed E-state index contributed by atoms with van der Waals surface area (Å²) in [5.41, 5.74) is 7.39. The Kier molecular flexibility index (Phi) is 3.72. The molecule has 5 rings (SSSR count). The third-order valence-electron chi connectivity index (χ3n) is 4.92. The van der Waals surface area contributed by atoms with Crippen LogP contribution in [0.3, 0.4) is 0 Å². The van der Waals surface area contributed by atoms with Crippen LogP contribution in [0.4, 0.5) is 5.13 Å². The average Bonchev–Trinajstić information content (AvgIpc) is 3.24. The second kappa shape index (κ2) is 6.11. The minimum atomic E-state index is -0.171. The van der Waals surface area contributed by atoms with E-state index in [0.717, 1.165) is 45.0 Å². The number of benzene rings is 2. The molecule has 0 saturated carbocycles. The Balaban J connectivity index is 1.64. The maximum absolute atomic E-state index is 12.7. The molecule has 2 aromatic carbocycles. The van der Waals surface area contributed by atoms with Crippen molar-refractivity contribution in [2.75, 3.05) is 5.01 Å². The van der Waals surface area contributed by atoms with Crippen molar-refractivity contribution in [2.24, 2.45) is 0 Å². The van der Waals surface area contributed by atoms with E-state index in [1.165, 1.54) is 0 Å². The Hall–Kier alpha value is -2.37. The number of carbonyl (C=O) groups is 1. The third-order valence-corrected chi connectivity index (χ3v) is 6.21. The fraction of sp³-hybridized carbons (Fsp3) is 0.200. The molecule has 1 N–H and O–H groups in total. The van der Waals surface area contributed by atoms with Crippen LogP contribution in [0.1, 0.15) is 30.9 Å². The number of hydrogen-bond donors (Lipinski definition) is 1. The number of rotatable bonds is 2. The monoisotopic (exact) mass is 381 g/mol. The highest BCUT2D eigenvalue weighted by molar-refractivity contribution is 7.22. The number of halogens is 1. The first kappa shape index (κ1) is 15.9. The molecule has 0 unspecified atom stereocenters. The van der Waals surface area contributed by atoms with Gasteiger partial charge in [-0.25, -0.2) is 9.99 Å². The zero-order valence-corrected chi connectivity index (χ0v) is 15.5. The van der Waals surface area contributed by atoms with Crippen molar-refractivity contribution in [1.29, 1.82) is 0 Å². The van der Waals surface area contributed by atoms with Gasteiger partial charge in [0.1, 0.15) is 6.04 Å². The number of thiazole rings is 1. The van der Waals surface area contributed by atoms with Crippen LogP contribution in [0.15, 0.2) is 59.8 Å². The Bertz CT molecular complexity index is 1010. The summed E-state index contributed by atoms with van der Waals surface area (Å²) in [6, 6.07) is 15.7. The van der Waals surface area contributed by atoms with Crippen LogP contribution >= 0.6 is 22.9 Å². The summed E-state index contributed by atoms with van der Waals surface area (Å²) >= 11 is 7.70. The van der Waals surface area contributed by atoms with Gasteiger partial charge in [0.15, 0.2) is 5.78 Å².